The zero-order valence-electron chi connectivity index (χ0n) is 10.1. The predicted molar refractivity (Wildman–Crippen MR) is 62.7 cm³/mol. The lowest BCUT2D eigenvalue weighted by Gasteiger charge is -2.30. The van der Waals surface area contributed by atoms with Crippen molar-refractivity contribution < 1.29 is 17.9 Å². The van der Waals surface area contributed by atoms with Gasteiger partial charge in [-0.05, 0) is 32.9 Å². The van der Waals surface area contributed by atoms with E-state index in [-0.39, 0.29) is 12.6 Å². The molecule has 0 bridgehead atoms. The molecule has 0 radical (unpaired) electrons. The number of amides is 1. The molecule has 0 aromatic carbocycles. The molecule has 8 heteroatoms. The van der Waals surface area contributed by atoms with Gasteiger partial charge >= 0.3 is 16.3 Å². The minimum atomic E-state index is -3.80. The van der Waals surface area contributed by atoms with E-state index in [1.165, 1.54) is 11.4 Å². The Morgan fingerprint density at radius 2 is 2.06 bits per heavy atom. The summed E-state index contributed by atoms with van der Waals surface area (Å²) in [5.41, 5.74) is 0. The van der Waals surface area contributed by atoms with Gasteiger partial charge in [-0.15, -0.1) is 0 Å². The van der Waals surface area contributed by atoms with Gasteiger partial charge in [-0.1, -0.05) is 0 Å². The molecule has 17 heavy (non-hydrogen) atoms. The average molecular weight is 265 g/mol. The van der Waals surface area contributed by atoms with Crippen LogP contribution in [-0.2, 0) is 14.9 Å². The number of nitrogens with one attached hydrogen (secondary N) is 2. The van der Waals surface area contributed by atoms with E-state index >= 15 is 0 Å². The van der Waals surface area contributed by atoms with Crippen molar-refractivity contribution in [1.29, 1.82) is 0 Å². The summed E-state index contributed by atoms with van der Waals surface area (Å²) < 4.78 is 31.2. The Morgan fingerprint density at radius 3 is 2.59 bits per heavy atom. The van der Waals surface area contributed by atoms with Crippen molar-refractivity contribution >= 4 is 16.3 Å². The minimum Gasteiger partial charge on any atom is -0.449 e. The van der Waals surface area contributed by atoms with Gasteiger partial charge in [0.15, 0.2) is 0 Å². The molecule has 1 aliphatic rings. The standard InChI is InChI=1S/C9H19N3O4S/c1-3-16-9(13)11-17(14,15)12(2)8-4-6-10-7-5-8/h8,10H,3-7H2,1-2H3,(H,11,13). The monoisotopic (exact) mass is 265 g/mol. The summed E-state index contributed by atoms with van der Waals surface area (Å²) in [7, 11) is -2.33. The lowest BCUT2D eigenvalue weighted by molar-refractivity contribution is 0.157. The molecule has 0 atom stereocenters. The third-order valence-corrected chi connectivity index (χ3v) is 4.17. The van der Waals surface area contributed by atoms with Crippen molar-refractivity contribution in [1.82, 2.24) is 14.3 Å². The third kappa shape index (κ3) is 4.14. The average Bonchev–Trinajstić information content (AvgIpc) is 2.28. The van der Waals surface area contributed by atoms with Crippen molar-refractivity contribution in [3.8, 4) is 0 Å². The lowest BCUT2D eigenvalue weighted by atomic mass is 10.1. The Kier molecular flexibility index (Phi) is 5.16. The van der Waals surface area contributed by atoms with E-state index < -0.39 is 16.3 Å². The number of rotatable bonds is 4. The molecule has 2 N–H and O–H groups in total. The van der Waals surface area contributed by atoms with Crippen LogP contribution in [0.2, 0.25) is 0 Å². The summed E-state index contributed by atoms with van der Waals surface area (Å²) >= 11 is 0. The van der Waals surface area contributed by atoms with Gasteiger partial charge in [0, 0.05) is 13.1 Å². The smallest absolute Gasteiger partial charge is 0.421 e. The number of hydrogen-bond acceptors (Lipinski definition) is 5. The first-order valence-corrected chi connectivity index (χ1v) is 7.04. The Hall–Kier alpha value is -0.860. The van der Waals surface area contributed by atoms with Gasteiger partial charge < -0.3 is 10.1 Å². The fourth-order valence-corrected chi connectivity index (χ4v) is 2.72. The highest BCUT2D eigenvalue weighted by Gasteiger charge is 2.29. The van der Waals surface area contributed by atoms with E-state index in [1.54, 1.807) is 6.92 Å². The van der Waals surface area contributed by atoms with E-state index in [2.05, 4.69) is 10.1 Å². The van der Waals surface area contributed by atoms with Crippen molar-refractivity contribution in [2.24, 2.45) is 0 Å². The number of carbonyl (C=O) groups excluding carboxylic acids is 1. The quantitative estimate of drug-likeness (QED) is 0.726. The molecule has 0 spiro atoms. The lowest BCUT2D eigenvalue weighted by Crippen LogP contribution is -2.49. The zero-order valence-corrected chi connectivity index (χ0v) is 10.9. The topological polar surface area (TPSA) is 87.7 Å². The van der Waals surface area contributed by atoms with Gasteiger partial charge in [-0.25, -0.2) is 9.52 Å². The second kappa shape index (κ2) is 6.18. The molecular formula is C9H19N3O4S. The van der Waals surface area contributed by atoms with Crippen LogP contribution in [0.3, 0.4) is 0 Å². The van der Waals surface area contributed by atoms with Crippen LogP contribution in [0.15, 0.2) is 0 Å². The zero-order chi connectivity index (χ0) is 12.9. The first-order valence-electron chi connectivity index (χ1n) is 5.60. The highest BCUT2D eigenvalue weighted by molar-refractivity contribution is 7.87. The van der Waals surface area contributed by atoms with Crippen LogP contribution in [0.1, 0.15) is 19.8 Å². The third-order valence-electron chi connectivity index (χ3n) is 2.69. The van der Waals surface area contributed by atoms with Gasteiger partial charge in [0.2, 0.25) is 0 Å². The van der Waals surface area contributed by atoms with Crippen molar-refractivity contribution in [2.45, 2.75) is 25.8 Å². The van der Waals surface area contributed by atoms with Crippen molar-refractivity contribution in [3.05, 3.63) is 0 Å². The predicted octanol–water partition coefficient (Wildman–Crippen LogP) is -0.339. The van der Waals surface area contributed by atoms with Crippen LogP contribution in [0.5, 0.6) is 0 Å². The molecule has 0 saturated carbocycles. The van der Waals surface area contributed by atoms with Gasteiger partial charge in [0.25, 0.3) is 0 Å². The molecule has 1 amide bonds. The maximum Gasteiger partial charge on any atom is 0.421 e. The second-order valence-corrected chi connectivity index (χ2v) is 5.56. The molecule has 0 aromatic heterocycles. The normalized spacial score (nSPS) is 18.1. The molecule has 1 saturated heterocycles. The number of piperidine rings is 1. The fourth-order valence-electron chi connectivity index (χ4n) is 1.70. The summed E-state index contributed by atoms with van der Waals surface area (Å²) in [6, 6.07) is -0.0804. The maximum atomic E-state index is 11.8. The van der Waals surface area contributed by atoms with Crippen LogP contribution in [-0.4, -0.2) is 51.6 Å². The molecule has 0 aromatic rings. The summed E-state index contributed by atoms with van der Waals surface area (Å²) in [6.07, 6.45) is 0.536. The van der Waals surface area contributed by atoms with Crippen LogP contribution in [0.4, 0.5) is 4.79 Å². The molecule has 0 aliphatic carbocycles. The summed E-state index contributed by atoms with van der Waals surface area (Å²) in [5, 5.41) is 3.15. The van der Waals surface area contributed by atoms with E-state index in [4.69, 9.17) is 0 Å². The number of nitrogens with zero attached hydrogens (tertiary/aromatic N) is 1. The first-order chi connectivity index (χ1) is 7.97. The Bertz CT molecular complexity index is 351. The molecule has 0 unspecified atom stereocenters. The Labute approximate surface area is 102 Å². The molecular weight excluding hydrogens is 246 g/mol. The van der Waals surface area contributed by atoms with Gasteiger partial charge in [-0.2, -0.15) is 12.7 Å². The van der Waals surface area contributed by atoms with Crippen molar-refractivity contribution in [3.63, 3.8) is 0 Å². The van der Waals surface area contributed by atoms with Gasteiger partial charge in [-0.3, -0.25) is 0 Å². The second-order valence-electron chi connectivity index (χ2n) is 3.82. The summed E-state index contributed by atoms with van der Waals surface area (Å²) in [5.74, 6) is 0. The highest BCUT2D eigenvalue weighted by Crippen LogP contribution is 2.12. The largest absolute Gasteiger partial charge is 0.449 e. The van der Waals surface area contributed by atoms with E-state index in [1.807, 2.05) is 4.72 Å². The Balaban J connectivity index is 2.59. The van der Waals surface area contributed by atoms with Gasteiger partial charge in [0.1, 0.15) is 0 Å². The number of hydrogen-bond donors (Lipinski definition) is 2. The molecule has 1 rings (SSSR count). The summed E-state index contributed by atoms with van der Waals surface area (Å²) in [6.45, 7) is 3.31. The molecule has 1 aliphatic heterocycles. The molecule has 1 fully saturated rings. The maximum absolute atomic E-state index is 11.8. The summed E-state index contributed by atoms with van der Waals surface area (Å²) in [4.78, 5) is 11.1. The van der Waals surface area contributed by atoms with Gasteiger partial charge in [0.05, 0.1) is 6.61 Å². The van der Waals surface area contributed by atoms with Crippen molar-refractivity contribution in [2.75, 3.05) is 26.7 Å². The first kappa shape index (κ1) is 14.2. The van der Waals surface area contributed by atoms with Crippen LogP contribution in [0, 0.1) is 0 Å². The molecule has 7 nitrogen and oxygen atoms in total. The SMILES string of the molecule is CCOC(=O)NS(=O)(=O)N(C)C1CCNCC1. The van der Waals surface area contributed by atoms with E-state index in [0.717, 1.165) is 25.9 Å². The van der Waals surface area contributed by atoms with Crippen LogP contribution < -0.4 is 10.0 Å². The van der Waals surface area contributed by atoms with E-state index in [9.17, 15) is 13.2 Å². The van der Waals surface area contributed by atoms with Crippen LogP contribution >= 0.6 is 0 Å². The molecule has 100 valence electrons. The fraction of sp³-hybridized carbons (Fsp3) is 0.889. The van der Waals surface area contributed by atoms with Crippen LogP contribution in [0.25, 0.3) is 0 Å². The molecule has 1 heterocycles. The number of ether oxygens (including phenoxy) is 1. The highest BCUT2D eigenvalue weighted by atomic mass is 32.2. The van der Waals surface area contributed by atoms with E-state index in [0.29, 0.717) is 0 Å². The minimum absolute atomic E-state index is 0.0804. The number of carbonyl (C=O) groups is 1. The Morgan fingerprint density at radius 1 is 1.47 bits per heavy atom.